The van der Waals surface area contributed by atoms with Gasteiger partial charge in [-0.2, -0.15) is 0 Å². The number of nitrogens with zero attached hydrogens (tertiary/aromatic N) is 1. The Balaban J connectivity index is 1.91. The quantitative estimate of drug-likeness (QED) is 0.766. The third-order valence-electron chi connectivity index (χ3n) is 2.82. The average molecular weight is 240 g/mol. The van der Waals surface area contributed by atoms with Crippen LogP contribution in [0.25, 0.3) is 0 Å². The second-order valence-electron chi connectivity index (χ2n) is 4.00. The number of hydrogen-bond acceptors (Lipinski definition) is 5. The van der Waals surface area contributed by atoms with Crippen LogP contribution in [0.1, 0.15) is 23.4 Å². The zero-order valence-corrected chi connectivity index (χ0v) is 9.23. The number of hydrogen-bond donors (Lipinski definition) is 2. The van der Waals surface area contributed by atoms with Crippen molar-refractivity contribution in [1.29, 1.82) is 0 Å². The Morgan fingerprint density at radius 1 is 1.65 bits per heavy atom. The Bertz CT molecular complexity index is 449. The summed E-state index contributed by atoms with van der Waals surface area (Å²) in [5.41, 5.74) is -0.792. The molecular weight excluding hydrogens is 228 g/mol. The molecule has 0 atom stereocenters. The molecule has 0 bridgehead atoms. The van der Waals surface area contributed by atoms with Crippen molar-refractivity contribution in [2.45, 2.75) is 12.8 Å². The molecule has 0 radical (unpaired) electrons. The molecule has 0 aromatic carbocycles. The maximum atomic E-state index is 11.6. The highest BCUT2D eigenvalue weighted by Crippen LogP contribution is 2.45. The molecule has 7 nitrogen and oxygen atoms in total. The fourth-order valence-electron chi connectivity index (χ4n) is 1.42. The zero-order chi connectivity index (χ0) is 12.5. The van der Waals surface area contributed by atoms with E-state index in [1.165, 1.54) is 13.2 Å². The summed E-state index contributed by atoms with van der Waals surface area (Å²) in [6, 6.07) is 1.34. The first-order valence-corrected chi connectivity index (χ1v) is 5.10. The number of methoxy groups -OCH3 is 1. The number of carbonyl (C=O) groups excluding carboxylic acids is 1. The molecule has 1 saturated carbocycles. The lowest BCUT2D eigenvalue weighted by Crippen LogP contribution is -2.34. The molecule has 1 aromatic heterocycles. The highest BCUT2D eigenvalue weighted by molar-refractivity contribution is 5.92. The molecular formula is C10H12N2O5. The number of rotatable bonds is 5. The van der Waals surface area contributed by atoms with Gasteiger partial charge in [0.1, 0.15) is 0 Å². The molecule has 17 heavy (non-hydrogen) atoms. The SMILES string of the molecule is COc1cc(C(=O)NCC2(C(=O)O)CC2)on1. The second-order valence-corrected chi connectivity index (χ2v) is 4.00. The van der Waals surface area contributed by atoms with Crippen molar-refractivity contribution in [2.75, 3.05) is 13.7 Å². The Kier molecular flexibility index (Phi) is 2.74. The van der Waals surface area contributed by atoms with Gasteiger partial charge in [0.2, 0.25) is 5.76 Å². The summed E-state index contributed by atoms with van der Waals surface area (Å²) in [5, 5.41) is 14.9. The normalized spacial score (nSPS) is 16.3. The van der Waals surface area contributed by atoms with E-state index in [1.54, 1.807) is 0 Å². The molecule has 1 fully saturated rings. The maximum absolute atomic E-state index is 11.6. The standard InChI is InChI=1S/C10H12N2O5/c1-16-7-4-6(17-12-7)8(13)11-5-10(2-3-10)9(14)15/h4H,2-3,5H2,1H3,(H,11,13)(H,14,15). The molecule has 1 heterocycles. The largest absolute Gasteiger partial charge is 0.481 e. The van der Waals surface area contributed by atoms with E-state index in [9.17, 15) is 9.59 Å². The van der Waals surface area contributed by atoms with E-state index in [0.29, 0.717) is 12.8 Å². The number of ether oxygens (including phenoxy) is 1. The molecule has 7 heteroatoms. The maximum Gasteiger partial charge on any atom is 0.311 e. The minimum Gasteiger partial charge on any atom is -0.481 e. The highest BCUT2D eigenvalue weighted by Gasteiger charge is 2.50. The van der Waals surface area contributed by atoms with E-state index >= 15 is 0 Å². The fourth-order valence-corrected chi connectivity index (χ4v) is 1.42. The highest BCUT2D eigenvalue weighted by atomic mass is 16.5. The number of aromatic nitrogens is 1. The summed E-state index contributed by atoms with van der Waals surface area (Å²) >= 11 is 0. The Hall–Kier alpha value is -2.05. The van der Waals surface area contributed by atoms with Crippen LogP contribution >= 0.6 is 0 Å². The van der Waals surface area contributed by atoms with Crippen LogP contribution in [0.5, 0.6) is 5.88 Å². The number of carboxylic acid groups (broad SMARTS) is 1. The first-order valence-electron chi connectivity index (χ1n) is 5.10. The van der Waals surface area contributed by atoms with E-state index in [0.717, 1.165) is 0 Å². The zero-order valence-electron chi connectivity index (χ0n) is 9.23. The predicted octanol–water partition coefficient (Wildman–Crippen LogP) is 0.278. The predicted molar refractivity (Wildman–Crippen MR) is 54.7 cm³/mol. The number of nitrogens with one attached hydrogen (secondary N) is 1. The Morgan fingerprint density at radius 2 is 2.35 bits per heavy atom. The van der Waals surface area contributed by atoms with Gasteiger partial charge in [-0.25, -0.2) is 0 Å². The van der Waals surface area contributed by atoms with Crippen LogP contribution < -0.4 is 10.1 Å². The van der Waals surface area contributed by atoms with Crippen LogP contribution in [-0.2, 0) is 4.79 Å². The molecule has 0 spiro atoms. The van der Waals surface area contributed by atoms with Crippen molar-refractivity contribution in [3.05, 3.63) is 11.8 Å². The first kappa shape index (κ1) is 11.4. The molecule has 0 unspecified atom stereocenters. The molecule has 1 aromatic rings. The van der Waals surface area contributed by atoms with Crippen LogP contribution in [-0.4, -0.2) is 35.8 Å². The summed E-state index contributed by atoms with van der Waals surface area (Å²) in [7, 11) is 1.41. The first-order chi connectivity index (χ1) is 8.07. The lowest BCUT2D eigenvalue weighted by molar-refractivity contribution is -0.143. The second kappa shape index (κ2) is 4.08. The van der Waals surface area contributed by atoms with Crippen molar-refractivity contribution in [3.63, 3.8) is 0 Å². The van der Waals surface area contributed by atoms with Gasteiger partial charge in [0, 0.05) is 6.54 Å². The smallest absolute Gasteiger partial charge is 0.311 e. The third kappa shape index (κ3) is 2.22. The summed E-state index contributed by atoms with van der Waals surface area (Å²) < 4.78 is 9.49. The topological polar surface area (TPSA) is 102 Å². The number of carbonyl (C=O) groups is 2. The van der Waals surface area contributed by atoms with Crippen LogP contribution in [0.2, 0.25) is 0 Å². The minimum absolute atomic E-state index is 0.00281. The molecule has 1 aliphatic carbocycles. The van der Waals surface area contributed by atoms with Gasteiger partial charge in [-0.05, 0) is 18.0 Å². The molecule has 1 amide bonds. The monoisotopic (exact) mass is 240 g/mol. The van der Waals surface area contributed by atoms with Crippen molar-refractivity contribution in [3.8, 4) is 5.88 Å². The van der Waals surface area contributed by atoms with Gasteiger partial charge in [-0.1, -0.05) is 0 Å². The number of carboxylic acids is 1. The van der Waals surface area contributed by atoms with Crippen molar-refractivity contribution in [1.82, 2.24) is 10.5 Å². The van der Waals surface area contributed by atoms with Crippen LogP contribution in [0.4, 0.5) is 0 Å². The molecule has 2 N–H and O–H groups in total. The lowest BCUT2D eigenvalue weighted by Gasteiger charge is -2.09. The van der Waals surface area contributed by atoms with Crippen LogP contribution in [0.15, 0.2) is 10.6 Å². The van der Waals surface area contributed by atoms with Gasteiger partial charge in [-0.15, -0.1) is 0 Å². The van der Waals surface area contributed by atoms with Crippen molar-refractivity contribution < 1.29 is 24.0 Å². The summed E-state index contributed by atoms with van der Waals surface area (Å²) in [5.74, 6) is -1.17. The van der Waals surface area contributed by atoms with E-state index < -0.39 is 17.3 Å². The number of aliphatic carboxylic acids is 1. The molecule has 0 saturated heterocycles. The Morgan fingerprint density at radius 3 is 2.82 bits per heavy atom. The Labute approximate surface area is 96.7 Å². The van der Waals surface area contributed by atoms with Crippen LogP contribution in [0.3, 0.4) is 0 Å². The van der Waals surface area contributed by atoms with Crippen molar-refractivity contribution >= 4 is 11.9 Å². The van der Waals surface area contributed by atoms with Gasteiger partial charge in [0.05, 0.1) is 18.6 Å². The van der Waals surface area contributed by atoms with Gasteiger partial charge in [0.15, 0.2) is 0 Å². The molecule has 92 valence electrons. The summed E-state index contributed by atoms with van der Waals surface area (Å²) in [6.07, 6.45) is 1.17. The van der Waals surface area contributed by atoms with E-state index in [1.807, 2.05) is 0 Å². The van der Waals surface area contributed by atoms with Gasteiger partial charge < -0.3 is 19.7 Å². The third-order valence-corrected chi connectivity index (χ3v) is 2.82. The number of amides is 1. The molecule has 2 rings (SSSR count). The van der Waals surface area contributed by atoms with Crippen LogP contribution in [0, 0.1) is 5.41 Å². The fraction of sp³-hybridized carbons (Fsp3) is 0.500. The summed E-state index contributed by atoms with van der Waals surface area (Å²) in [6.45, 7) is 0.101. The minimum atomic E-state index is -0.882. The van der Waals surface area contributed by atoms with Crippen molar-refractivity contribution in [2.24, 2.45) is 5.41 Å². The van der Waals surface area contributed by atoms with E-state index in [-0.39, 0.29) is 18.2 Å². The van der Waals surface area contributed by atoms with Gasteiger partial charge in [-0.3, -0.25) is 9.59 Å². The lowest BCUT2D eigenvalue weighted by atomic mass is 10.1. The van der Waals surface area contributed by atoms with Gasteiger partial charge >= 0.3 is 5.97 Å². The molecule has 1 aliphatic rings. The summed E-state index contributed by atoms with van der Waals surface area (Å²) in [4.78, 5) is 22.5. The van der Waals surface area contributed by atoms with E-state index in [2.05, 4.69) is 10.5 Å². The molecule has 0 aliphatic heterocycles. The van der Waals surface area contributed by atoms with E-state index in [4.69, 9.17) is 14.4 Å². The average Bonchev–Trinajstić information content (AvgIpc) is 2.96. The van der Waals surface area contributed by atoms with Gasteiger partial charge in [0.25, 0.3) is 11.8 Å².